The Morgan fingerprint density at radius 3 is 2.60 bits per heavy atom. The van der Waals surface area contributed by atoms with Gasteiger partial charge in [0.15, 0.2) is 0 Å². The van der Waals surface area contributed by atoms with E-state index in [1.807, 2.05) is 19.1 Å². The zero-order chi connectivity index (χ0) is 14.2. The van der Waals surface area contributed by atoms with Crippen molar-refractivity contribution in [3.05, 3.63) is 29.8 Å². The quantitative estimate of drug-likeness (QED) is 0.841. The van der Waals surface area contributed by atoms with E-state index in [0.717, 1.165) is 31.2 Å². The van der Waals surface area contributed by atoms with Gasteiger partial charge >= 0.3 is 0 Å². The van der Waals surface area contributed by atoms with Crippen LogP contribution < -0.4 is 0 Å². The highest BCUT2D eigenvalue weighted by atomic mass is 32.2. The van der Waals surface area contributed by atoms with Gasteiger partial charge < -0.3 is 4.74 Å². The predicted octanol–water partition coefficient (Wildman–Crippen LogP) is 2.33. The topological polar surface area (TPSA) is 46.6 Å². The number of hydrogen-bond acceptors (Lipinski definition) is 3. The number of nitrogens with zero attached hydrogens (tertiary/aromatic N) is 1. The standard InChI is InChI=1S/C15H21NO3S/c1-12-6-8-13(9-7-12)20(17,18)16-10-11-19-15-5-3-2-4-14(15)16/h6-9,14-15H,2-5,10-11H2,1H3. The average molecular weight is 295 g/mol. The van der Waals surface area contributed by atoms with Gasteiger partial charge in [-0.25, -0.2) is 8.42 Å². The number of benzene rings is 1. The highest BCUT2D eigenvalue weighted by Crippen LogP contribution is 2.32. The van der Waals surface area contributed by atoms with Crippen molar-refractivity contribution >= 4 is 10.0 Å². The molecule has 1 heterocycles. The van der Waals surface area contributed by atoms with Crippen LogP contribution in [0.25, 0.3) is 0 Å². The average Bonchev–Trinajstić information content (AvgIpc) is 2.47. The van der Waals surface area contributed by atoms with Crippen molar-refractivity contribution in [2.24, 2.45) is 0 Å². The molecule has 1 aliphatic carbocycles. The van der Waals surface area contributed by atoms with Crippen molar-refractivity contribution in [3.8, 4) is 0 Å². The first kappa shape index (κ1) is 14.0. The molecule has 110 valence electrons. The van der Waals surface area contributed by atoms with Crippen molar-refractivity contribution in [2.45, 2.75) is 49.6 Å². The molecule has 20 heavy (non-hydrogen) atoms. The number of fused-ring (bicyclic) bond motifs is 1. The third-order valence-corrected chi connectivity index (χ3v) is 6.25. The summed E-state index contributed by atoms with van der Waals surface area (Å²) >= 11 is 0. The predicted molar refractivity (Wildman–Crippen MR) is 77.1 cm³/mol. The third kappa shape index (κ3) is 2.50. The Labute approximate surface area is 120 Å². The van der Waals surface area contributed by atoms with E-state index in [-0.39, 0.29) is 12.1 Å². The van der Waals surface area contributed by atoms with Crippen molar-refractivity contribution in [2.75, 3.05) is 13.2 Å². The fourth-order valence-corrected chi connectivity index (χ4v) is 4.87. The van der Waals surface area contributed by atoms with Gasteiger partial charge in [0.25, 0.3) is 0 Å². The first-order valence-corrected chi connectivity index (χ1v) is 8.73. The van der Waals surface area contributed by atoms with E-state index in [0.29, 0.717) is 18.0 Å². The summed E-state index contributed by atoms with van der Waals surface area (Å²) in [6.45, 7) is 2.94. The highest BCUT2D eigenvalue weighted by Gasteiger charge is 2.40. The molecule has 1 aromatic carbocycles. The van der Waals surface area contributed by atoms with Gasteiger partial charge in [0.1, 0.15) is 0 Å². The fourth-order valence-electron chi connectivity index (χ4n) is 3.21. The largest absolute Gasteiger partial charge is 0.375 e. The fraction of sp³-hybridized carbons (Fsp3) is 0.600. The van der Waals surface area contributed by atoms with Gasteiger partial charge in [-0.2, -0.15) is 4.31 Å². The lowest BCUT2D eigenvalue weighted by molar-refractivity contribution is -0.0586. The molecule has 2 unspecified atom stereocenters. The minimum absolute atomic E-state index is 0.0174. The van der Waals surface area contributed by atoms with E-state index in [4.69, 9.17) is 4.74 Å². The van der Waals surface area contributed by atoms with Crippen molar-refractivity contribution in [3.63, 3.8) is 0 Å². The van der Waals surface area contributed by atoms with Crippen LogP contribution in [0.3, 0.4) is 0 Å². The maximum Gasteiger partial charge on any atom is 0.243 e. The van der Waals surface area contributed by atoms with Crippen LogP contribution in [0.4, 0.5) is 0 Å². The Kier molecular flexibility index (Phi) is 3.84. The molecule has 2 atom stereocenters. The first-order valence-electron chi connectivity index (χ1n) is 7.29. The molecule has 2 aliphatic rings. The van der Waals surface area contributed by atoms with Crippen LogP contribution in [0.1, 0.15) is 31.2 Å². The molecule has 0 radical (unpaired) electrons. The van der Waals surface area contributed by atoms with Crippen LogP contribution in [0.2, 0.25) is 0 Å². The summed E-state index contributed by atoms with van der Waals surface area (Å²) in [6, 6.07) is 7.14. The van der Waals surface area contributed by atoms with Crippen LogP contribution in [-0.2, 0) is 14.8 Å². The molecule has 3 rings (SSSR count). The second-order valence-electron chi connectivity index (χ2n) is 5.69. The molecule has 0 spiro atoms. The van der Waals surface area contributed by atoms with Crippen molar-refractivity contribution in [1.82, 2.24) is 4.31 Å². The van der Waals surface area contributed by atoms with Crippen LogP contribution >= 0.6 is 0 Å². The molecule has 0 aromatic heterocycles. The van der Waals surface area contributed by atoms with Gasteiger partial charge in [0, 0.05) is 6.54 Å². The van der Waals surface area contributed by atoms with Crippen molar-refractivity contribution < 1.29 is 13.2 Å². The first-order chi connectivity index (χ1) is 9.59. The zero-order valence-corrected chi connectivity index (χ0v) is 12.6. The van der Waals surface area contributed by atoms with Gasteiger partial charge in [-0.1, -0.05) is 30.5 Å². The summed E-state index contributed by atoms with van der Waals surface area (Å²) in [4.78, 5) is 0.398. The van der Waals surface area contributed by atoms with Gasteiger partial charge in [0.05, 0.1) is 23.6 Å². The van der Waals surface area contributed by atoms with Gasteiger partial charge in [-0.15, -0.1) is 0 Å². The summed E-state index contributed by atoms with van der Waals surface area (Å²) in [6.07, 6.45) is 4.20. The highest BCUT2D eigenvalue weighted by molar-refractivity contribution is 7.89. The molecule has 0 bridgehead atoms. The van der Waals surface area contributed by atoms with E-state index in [9.17, 15) is 8.42 Å². The second kappa shape index (κ2) is 5.47. The van der Waals surface area contributed by atoms with Gasteiger partial charge in [-0.3, -0.25) is 0 Å². The summed E-state index contributed by atoms with van der Waals surface area (Å²) in [5.41, 5.74) is 1.07. The number of rotatable bonds is 2. The lowest BCUT2D eigenvalue weighted by Crippen LogP contribution is -2.54. The monoisotopic (exact) mass is 295 g/mol. The summed E-state index contributed by atoms with van der Waals surface area (Å²) in [7, 11) is -3.40. The summed E-state index contributed by atoms with van der Waals surface area (Å²) in [5.74, 6) is 0. The third-order valence-electron chi connectivity index (χ3n) is 4.31. The number of morpholine rings is 1. The molecule has 1 saturated heterocycles. The van der Waals surface area contributed by atoms with Crippen LogP contribution in [0.5, 0.6) is 0 Å². The number of aryl methyl sites for hydroxylation is 1. The molecule has 4 nitrogen and oxygen atoms in total. The Morgan fingerprint density at radius 2 is 1.85 bits per heavy atom. The van der Waals surface area contributed by atoms with E-state index in [1.54, 1.807) is 16.4 Å². The maximum atomic E-state index is 12.8. The lowest BCUT2D eigenvalue weighted by atomic mass is 9.91. The smallest absolute Gasteiger partial charge is 0.243 e. The Hall–Kier alpha value is -0.910. The van der Waals surface area contributed by atoms with E-state index < -0.39 is 10.0 Å². The Balaban J connectivity index is 1.91. The molecule has 1 saturated carbocycles. The summed E-state index contributed by atoms with van der Waals surface area (Å²) in [5, 5.41) is 0. The molecule has 0 amide bonds. The van der Waals surface area contributed by atoms with E-state index in [1.165, 1.54) is 0 Å². The number of hydrogen-bond donors (Lipinski definition) is 0. The number of sulfonamides is 1. The minimum atomic E-state index is -3.40. The molecule has 1 aromatic rings. The molecule has 1 aliphatic heterocycles. The van der Waals surface area contributed by atoms with Crippen LogP contribution in [0.15, 0.2) is 29.2 Å². The molecule has 5 heteroatoms. The minimum Gasteiger partial charge on any atom is -0.375 e. The zero-order valence-electron chi connectivity index (χ0n) is 11.8. The maximum absolute atomic E-state index is 12.8. The Morgan fingerprint density at radius 1 is 1.15 bits per heavy atom. The van der Waals surface area contributed by atoms with Crippen LogP contribution in [-0.4, -0.2) is 38.0 Å². The normalized spacial score (nSPS) is 28.1. The molecular formula is C15H21NO3S. The van der Waals surface area contributed by atoms with Crippen LogP contribution in [0, 0.1) is 6.92 Å². The Bertz CT molecular complexity index is 565. The number of ether oxygens (including phenoxy) is 1. The lowest BCUT2D eigenvalue weighted by Gasteiger charge is -2.42. The molecular weight excluding hydrogens is 274 g/mol. The SMILES string of the molecule is Cc1ccc(S(=O)(=O)N2CCOC3CCCCC32)cc1. The second-order valence-corrected chi connectivity index (χ2v) is 7.58. The van der Waals surface area contributed by atoms with Gasteiger partial charge in [0.2, 0.25) is 10.0 Å². The van der Waals surface area contributed by atoms with E-state index in [2.05, 4.69) is 0 Å². The molecule has 2 fully saturated rings. The van der Waals surface area contributed by atoms with Crippen molar-refractivity contribution in [1.29, 1.82) is 0 Å². The van der Waals surface area contributed by atoms with E-state index >= 15 is 0 Å². The van der Waals surface area contributed by atoms with Gasteiger partial charge in [-0.05, 0) is 31.9 Å². The molecule has 0 N–H and O–H groups in total. The summed E-state index contributed by atoms with van der Waals surface area (Å²) < 4.78 is 33.1.